The van der Waals surface area contributed by atoms with Crippen molar-refractivity contribution < 1.29 is 9.18 Å². The van der Waals surface area contributed by atoms with Crippen LogP contribution in [0.2, 0.25) is 0 Å². The minimum Gasteiger partial charge on any atom is -0.380 e. The quantitative estimate of drug-likeness (QED) is 0.488. The van der Waals surface area contributed by atoms with Gasteiger partial charge in [-0.3, -0.25) is 4.79 Å². The van der Waals surface area contributed by atoms with Gasteiger partial charge in [-0.05, 0) is 37.1 Å². The van der Waals surface area contributed by atoms with E-state index in [0.29, 0.717) is 28.1 Å². The van der Waals surface area contributed by atoms with Crippen LogP contribution in [0.1, 0.15) is 36.0 Å². The SMILES string of the molecule is NC(=O)c1cccnc1Nc1cc(NC2CCCCC2N)c2c(F)ncnc2c1. The lowest BCUT2D eigenvalue weighted by atomic mass is 9.90. The van der Waals surface area contributed by atoms with E-state index < -0.39 is 11.9 Å². The number of nitrogens with one attached hydrogen (secondary N) is 2. The highest BCUT2D eigenvalue weighted by atomic mass is 19.1. The lowest BCUT2D eigenvalue weighted by molar-refractivity contribution is 0.100. The first-order valence-corrected chi connectivity index (χ1v) is 9.51. The van der Waals surface area contributed by atoms with E-state index >= 15 is 0 Å². The minimum absolute atomic E-state index is 0.0136. The van der Waals surface area contributed by atoms with E-state index in [-0.39, 0.29) is 17.6 Å². The lowest BCUT2D eigenvalue weighted by Crippen LogP contribution is -2.42. The first kappa shape index (κ1) is 19.0. The molecular formula is C20H22FN7O. The smallest absolute Gasteiger partial charge is 0.252 e. The number of halogens is 1. The molecule has 1 saturated carbocycles. The predicted molar refractivity (Wildman–Crippen MR) is 109 cm³/mol. The van der Waals surface area contributed by atoms with Crippen molar-refractivity contribution in [1.82, 2.24) is 15.0 Å². The topological polar surface area (TPSA) is 132 Å². The van der Waals surface area contributed by atoms with Crippen molar-refractivity contribution in [3.8, 4) is 0 Å². The molecule has 9 heteroatoms. The molecule has 2 unspecified atom stereocenters. The van der Waals surface area contributed by atoms with Gasteiger partial charge in [0.1, 0.15) is 12.1 Å². The zero-order valence-electron chi connectivity index (χ0n) is 15.7. The molecule has 3 aromatic rings. The molecular weight excluding hydrogens is 373 g/mol. The predicted octanol–water partition coefficient (Wildman–Crippen LogP) is 2.69. The number of fused-ring (bicyclic) bond motifs is 1. The fourth-order valence-electron chi connectivity index (χ4n) is 3.72. The van der Waals surface area contributed by atoms with Gasteiger partial charge < -0.3 is 22.1 Å². The van der Waals surface area contributed by atoms with Crippen LogP contribution in [0.5, 0.6) is 0 Å². The van der Waals surface area contributed by atoms with Crippen molar-refractivity contribution in [2.75, 3.05) is 10.6 Å². The monoisotopic (exact) mass is 395 g/mol. The Bertz CT molecular complexity index is 1060. The molecule has 1 fully saturated rings. The van der Waals surface area contributed by atoms with Gasteiger partial charge in [-0.1, -0.05) is 12.8 Å². The van der Waals surface area contributed by atoms with Gasteiger partial charge in [0.2, 0.25) is 5.95 Å². The molecule has 2 aromatic heterocycles. The van der Waals surface area contributed by atoms with E-state index in [0.717, 1.165) is 25.7 Å². The van der Waals surface area contributed by atoms with Crippen molar-refractivity contribution in [3.05, 3.63) is 48.3 Å². The number of benzene rings is 1. The van der Waals surface area contributed by atoms with Crippen molar-refractivity contribution in [3.63, 3.8) is 0 Å². The van der Waals surface area contributed by atoms with E-state index in [4.69, 9.17) is 11.5 Å². The average Bonchev–Trinajstić information content (AvgIpc) is 2.70. The van der Waals surface area contributed by atoms with Crippen LogP contribution < -0.4 is 22.1 Å². The van der Waals surface area contributed by atoms with Crippen LogP contribution in [0.3, 0.4) is 0 Å². The second-order valence-electron chi connectivity index (χ2n) is 7.17. The Morgan fingerprint density at radius 1 is 1.17 bits per heavy atom. The highest BCUT2D eigenvalue weighted by molar-refractivity contribution is 5.99. The summed E-state index contributed by atoms with van der Waals surface area (Å²) in [6, 6.07) is 6.64. The first-order valence-electron chi connectivity index (χ1n) is 9.51. The van der Waals surface area contributed by atoms with E-state index in [1.54, 1.807) is 30.5 Å². The molecule has 2 atom stereocenters. The molecule has 0 spiro atoms. The third kappa shape index (κ3) is 3.95. The summed E-state index contributed by atoms with van der Waals surface area (Å²) in [5.41, 5.74) is 13.5. The second-order valence-corrected chi connectivity index (χ2v) is 7.17. The molecule has 150 valence electrons. The maximum absolute atomic E-state index is 14.5. The number of rotatable bonds is 5. The number of aromatic nitrogens is 3. The maximum Gasteiger partial charge on any atom is 0.252 e. The summed E-state index contributed by atoms with van der Waals surface area (Å²) < 4.78 is 14.5. The van der Waals surface area contributed by atoms with Crippen molar-refractivity contribution in [2.45, 2.75) is 37.8 Å². The van der Waals surface area contributed by atoms with E-state index in [9.17, 15) is 9.18 Å². The number of primary amides is 1. The minimum atomic E-state index is -0.607. The van der Waals surface area contributed by atoms with Crippen LogP contribution >= 0.6 is 0 Å². The van der Waals surface area contributed by atoms with Crippen LogP contribution in [0, 0.1) is 5.95 Å². The third-order valence-corrected chi connectivity index (χ3v) is 5.19. The van der Waals surface area contributed by atoms with Gasteiger partial charge >= 0.3 is 0 Å². The maximum atomic E-state index is 14.5. The number of pyridine rings is 1. The molecule has 1 aliphatic carbocycles. The lowest BCUT2D eigenvalue weighted by Gasteiger charge is -2.30. The summed E-state index contributed by atoms with van der Waals surface area (Å²) in [4.78, 5) is 23.8. The number of carbonyl (C=O) groups is 1. The molecule has 2 heterocycles. The Labute approximate surface area is 166 Å². The molecule has 0 bridgehead atoms. The number of anilines is 3. The van der Waals surface area contributed by atoms with Gasteiger partial charge in [-0.2, -0.15) is 4.39 Å². The summed E-state index contributed by atoms with van der Waals surface area (Å²) in [7, 11) is 0. The van der Waals surface area contributed by atoms with E-state index in [1.807, 2.05) is 0 Å². The average molecular weight is 395 g/mol. The Kier molecular flexibility index (Phi) is 5.22. The van der Waals surface area contributed by atoms with Gasteiger partial charge in [0.05, 0.1) is 22.2 Å². The number of hydrogen-bond acceptors (Lipinski definition) is 7. The van der Waals surface area contributed by atoms with Crippen LogP contribution in [-0.4, -0.2) is 32.9 Å². The fourth-order valence-corrected chi connectivity index (χ4v) is 3.72. The van der Waals surface area contributed by atoms with Gasteiger partial charge in [-0.15, -0.1) is 0 Å². The summed E-state index contributed by atoms with van der Waals surface area (Å²) >= 11 is 0. The second kappa shape index (κ2) is 7.96. The zero-order chi connectivity index (χ0) is 20.4. The number of carbonyl (C=O) groups excluding carboxylic acids is 1. The van der Waals surface area contributed by atoms with Crippen molar-refractivity contribution in [1.29, 1.82) is 0 Å². The highest BCUT2D eigenvalue weighted by Crippen LogP contribution is 2.32. The third-order valence-electron chi connectivity index (χ3n) is 5.19. The van der Waals surface area contributed by atoms with Gasteiger partial charge in [0, 0.05) is 24.0 Å². The molecule has 1 aliphatic rings. The zero-order valence-corrected chi connectivity index (χ0v) is 15.7. The normalized spacial score (nSPS) is 19.1. The van der Waals surface area contributed by atoms with Crippen LogP contribution in [-0.2, 0) is 0 Å². The Balaban J connectivity index is 1.75. The van der Waals surface area contributed by atoms with E-state index in [2.05, 4.69) is 25.6 Å². The Hall–Kier alpha value is -3.33. The Morgan fingerprint density at radius 2 is 2.00 bits per heavy atom. The Morgan fingerprint density at radius 3 is 2.79 bits per heavy atom. The molecule has 8 nitrogen and oxygen atoms in total. The largest absolute Gasteiger partial charge is 0.380 e. The van der Waals surface area contributed by atoms with Crippen LogP contribution in [0.4, 0.5) is 21.6 Å². The molecule has 0 radical (unpaired) electrons. The molecule has 0 aliphatic heterocycles. The number of hydrogen-bond donors (Lipinski definition) is 4. The van der Waals surface area contributed by atoms with Gasteiger partial charge in [0.25, 0.3) is 5.91 Å². The van der Waals surface area contributed by atoms with Crippen molar-refractivity contribution in [2.24, 2.45) is 11.5 Å². The summed E-state index contributed by atoms with van der Waals surface area (Å²) in [6.07, 6.45) is 6.71. The molecule has 1 aromatic carbocycles. The molecule has 1 amide bonds. The summed E-state index contributed by atoms with van der Waals surface area (Å²) in [5.74, 6) is -0.889. The summed E-state index contributed by atoms with van der Waals surface area (Å²) in [5, 5.41) is 6.77. The van der Waals surface area contributed by atoms with Crippen molar-refractivity contribution >= 4 is 34.0 Å². The fraction of sp³-hybridized carbons (Fsp3) is 0.300. The van der Waals surface area contributed by atoms with Crippen LogP contribution in [0.25, 0.3) is 10.9 Å². The first-order chi connectivity index (χ1) is 14.0. The number of nitrogens with zero attached hydrogens (tertiary/aromatic N) is 3. The molecule has 0 saturated heterocycles. The highest BCUT2D eigenvalue weighted by Gasteiger charge is 2.23. The number of amides is 1. The summed E-state index contributed by atoms with van der Waals surface area (Å²) in [6.45, 7) is 0. The van der Waals surface area contributed by atoms with Gasteiger partial charge in [-0.25, -0.2) is 15.0 Å². The van der Waals surface area contributed by atoms with E-state index in [1.165, 1.54) is 6.33 Å². The molecule has 4 rings (SSSR count). The van der Waals surface area contributed by atoms with Gasteiger partial charge in [0.15, 0.2) is 0 Å². The van der Waals surface area contributed by atoms with Crippen LogP contribution in [0.15, 0.2) is 36.8 Å². The number of nitrogens with two attached hydrogens (primary N) is 2. The standard InChI is InChI=1S/C20H22FN7O/c21-18-17-15(25-10-26-18)8-11(27-20-12(19(23)29)4-3-7-24-20)9-16(17)28-14-6-2-1-5-13(14)22/h3-4,7-10,13-14,28H,1-2,5-6,22H2,(H2,23,29)(H,24,27). The molecule has 29 heavy (non-hydrogen) atoms. The molecule has 6 N–H and O–H groups in total.